The first kappa shape index (κ1) is 22.1. The van der Waals surface area contributed by atoms with E-state index in [0.717, 1.165) is 27.9 Å². The van der Waals surface area contributed by atoms with Crippen molar-refractivity contribution in [1.29, 1.82) is 5.26 Å². The Labute approximate surface area is 191 Å². The topological polar surface area (TPSA) is 63.7 Å². The van der Waals surface area contributed by atoms with Crippen molar-refractivity contribution in [2.24, 2.45) is 0 Å². The third-order valence-corrected chi connectivity index (χ3v) is 5.56. The van der Waals surface area contributed by atoms with Gasteiger partial charge in [-0.25, -0.2) is 4.39 Å². The van der Waals surface area contributed by atoms with E-state index in [9.17, 15) is 14.4 Å². The van der Waals surface area contributed by atoms with Crippen LogP contribution in [0.2, 0.25) is 0 Å². The standard InChI is InChI=1S/C27H23FN2O3/c1-3-32-27(31)15-23-18(2)25(30-17-19(16-29)8-13-24(23)30)14-20-6-4-5-7-26(20)33-22-11-9-21(28)10-12-22/h4-13,17H,3,14-15H2,1-2H3. The normalized spacial score (nSPS) is 10.7. The molecule has 4 aromatic rings. The van der Waals surface area contributed by atoms with Gasteiger partial charge in [0.05, 0.1) is 18.6 Å². The molecule has 0 N–H and O–H groups in total. The lowest BCUT2D eigenvalue weighted by molar-refractivity contribution is -0.142. The number of nitrogens with zero attached hydrogens (tertiary/aromatic N) is 2. The van der Waals surface area contributed by atoms with Crippen molar-refractivity contribution >= 4 is 11.5 Å². The highest BCUT2D eigenvalue weighted by Gasteiger charge is 2.20. The Balaban J connectivity index is 1.76. The highest BCUT2D eigenvalue weighted by Crippen LogP contribution is 2.31. The fourth-order valence-electron chi connectivity index (χ4n) is 3.94. The fourth-order valence-corrected chi connectivity index (χ4v) is 3.94. The van der Waals surface area contributed by atoms with E-state index in [1.165, 1.54) is 12.1 Å². The number of nitriles is 1. The van der Waals surface area contributed by atoms with Crippen LogP contribution >= 0.6 is 0 Å². The zero-order valence-corrected chi connectivity index (χ0v) is 18.5. The Morgan fingerprint density at radius 1 is 1.09 bits per heavy atom. The highest BCUT2D eigenvalue weighted by molar-refractivity contribution is 5.78. The van der Waals surface area contributed by atoms with Crippen LogP contribution in [0.15, 0.2) is 66.9 Å². The molecular formula is C27H23FN2O3. The molecule has 0 atom stereocenters. The van der Waals surface area contributed by atoms with E-state index in [-0.39, 0.29) is 18.2 Å². The van der Waals surface area contributed by atoms with Crippen LogP contribution in [0.5, 0.6) is 11.5 Å². The molecular weight excluding hydrogens is 419 g/mol. The summed E-state index contributed by atoms with van der Waals surface area (Å²) in [6, 6.07) is 19.3. The number of carbonyl (C=O) groups is 1. The van der Waals surface area contributed by atoms with Gasteiger partial charge in [-0.1, -0.05) is 18.2 Å². The maximum atomic E-state index is 13.3. The van der Waals surface area contributed by atoms with E-state index < -0.39 is 0 Å². The smallest absolute Gasteiger partial charge is 0.310 e. The molecule has 4 rings (SSSR count). The van der Waals surface area contributed by atoms with Gasteiger partial charge >= 0.3 is 5.97 Å². The molecule has 2 aromatic heterocycles. The third kappa shape index (κ3) is 4.73. The predicted octanol–water partition coefficient (Wildman–Crippen LogP) is 5.75. The molecule has 5 nitrogen and oxygen atoms in total. The summed E-state index contributed by atoms with van der Waals surface area (Å²) in [5.74, 6) is 0.578. The van der Waals surface area contributed by atoms with Gasteiger partial charge in [0, 0.05) is 29.4 Å². The zero-order valence-electron chi connectivity index (χ0n) is 18.5. The van der Waals surface area contributed by atoms with Crippen molar-refractivity contribution in [2.75, 3.05) is 6.61 Å². The molecule has 2 aromatic carbocycles. The number of fused-ring (bicyclic) bond motifs is 1. The summed E-state index contributed by atoms with van der Waals surface area (Å²) in [6.45, 7) is 4.08. The van der Waals surface area contributed by atoms with Crippen molar-refractivity contribution in [2.45, 2.75) is 26.7 Å². The van der Waals surface area contributed by atoms with Gasteiger partial charge in [-0.15, -0.1) is 0 Å². The number of rotatable bonds is 7. The second-order valence-corrected chi connectivity index (χ2v) is 7.66. The quantitative estimate of drug-likeness (QED) is 0.342. The monoisotopic (exact) mass is 442 g/mol. The molecule has 0 radical (unpaired) electrons. The molecule has 0 aliphatic carbocycles. The number of aromatic nitrogens is 1. The minimum atomic E-state index is -0.326. The lowest BCUT2D eigenvalue weighted by Crippen LogP contribution is -2.08. The summed E-state index contributed by atoms with van der Waals surface area (Å²) in [5, 5.41) is 9.41. The van der Waals surface area contributed by atoms with E-state index >= 15 is 0 Å². The summed E-state index contributed by atoms with van der Waals surface area (Å²) >= 11 is 0. The van der Waals surface area contributed by atoms with Crippen molar-refractivity contribution in [1.82, 2.24) is 4.40 Å². The largest absolute Gasteiger partial charge is 0.466 e. The average molecular weight is 442 g/mol. The molecule has 0 unspecified atom stereocenters. The summed E-state index contributed by atoms with van der Waals surface area (Å²) < 4.78 is 26.4. The Bertz CT molecular complexity index is 1350. The van der Waals surface area contributed by atoms with E-state index in [1.807, 2.05) is 41.7 Å². The molecule has 0 spiro atoms. The maximum absolute atomic E-state index is 13.3. The molecule has 0 fully saturated rings. The van der Waals surface area contributed by atoms with Crippen molar-refractivity contribution in [3.8, 4) is 17.6 Å². The Hall–Kier alpha value is -4.11. The minimum Gasteiger partial charge on any atom is -0.466 e. The van der Waals surface area contributed by atoms with Gasteiger partial charge in [-0.2, -0.15) is 5.26 Å². The van der Waals surface area contributed by atoms with Gasteiger partial charge in [0.25, 0.3) is 0 Å². The summed E-state index contributed by atoms with van der Waals surface area (Å²) in [5.41, 5.74) is 5.12. The first-order chi connectivity index (χ1) is 16.0. The number of ether oxygens (including phenoxy) is 2. The average Bonchev–Trinajstić information content (AvgIpc) is 3.07. The number of pyridine rings is 1. The number of hydrogen-bond donors (Lipinski definition) is 0. The third-order valence-electron chi connectivity index (χ3n) is 5.56. The first-order valence-electron chi connectivity index (χ1n) is 10.7. The molecule has 0 aliphatic rings. The van der Waals surface area contributed by atoms with Crippen LogP contribution in [0, 0.1) is 24.1 Å². The molecule has 0 amide bonds. The lowest BCUT2D eigenvalue weighted by Gasteiger charge is -2.12. The first-order valence-corrected chi connectivity index (χ1v) is 10.7. The second-order valence-electron chi connectivity index (χ2n) is 7.66. The van der Waals surface area contributed by atoms with E-state index in [0.29, 0.717) is 30.1 Å². The number of esters is 1. The SMILES string of the molecule is CCOC(=O)Cc1c(C)c(Cc2ccccc2Oc2ccc(F)cc2)n2cc(C#N)ccc12. The number of benzene rings is 2. The number of para-hydroxylation sites is 1. The van der Waals surface area contributed by atoms with Crippen LogP contribution in [0.4, 0.5) is 4.39 Å². The van der Waals surface area contributed by atoms with Gasteiger partial charge in [-0.3, -0.25) is 4.79 Å². The van der Waals surface area contributed by atoms with Crippen LogP contribution in [-0.4, -0.2) is 17.0 Å². The molecule has 0 bridgehead atoms. The van der Waals surface area contributed by atoms with Crippen LogP contribution in [0.3, 0.4) is 0 Å². The van der Waals surface area contributed by atoms with Gasteiger partial charge in [-0.05, 0) is 67.4 Å². The van der Waals surface area contributed by atoms with Gasteiger partial charge in [0.1, 0.15) is 23.4 Å². The van der Waals surface area contributed by atoms with Crippen molar-refractivity contribution < 1.29 is 18.7 Å². The Morgan fingerprint density at radius 3 is 2.58 bits per heavy atom. The van der Waals surface area contributed by atoms with Crippen LogP contribution in [-0.2, 0) is 22.4 Å². The summed E-state index contributed by atoms with van der Waals surface area (Å²) in [7, 11) is 0. The Morgan fingerprint density at radius 2 is 1.85 bits per heavy atom. The molecule has 0 aliphatic heterocycles. The lowest BCUT2D eigenvalue weighted by atomic mass is 10.0. The minimum absolute atomic E-state index is 0.156. The van der Waals surface area contributed by atoms with Crippen LogP contribution in [0.25, 0.3) is 5.52 Å². The fraction of sp³-hybridized carbons (Fsp3) is 0.185. The highest BCUT2D eigenvalue weighted by atomic mass is 19.1. The van der Waals surface area contributed by atoms with Crippen LogP contribution in [0.1, 0.15) is 34.9 Å². The maximum Gasteiger partial charge on any atom is 0.310 e. The number of hydrogen-bond acceptors (Lipinski definition) is 4. The van der Waals surface area contributed by atoms with E-state index in [2.05, 4.69) is 6.07 Å². The summed E-state index contributed by atoms with van der Waals surface area (Å²) in [4.78, 5) is 12.2. The number of carbonyl (C=O) groups excluding carboxylic acids is 1. The van der Waals surface area contributed by atoms with E-state index in [1.54, 1.807) is 31.3 Å². The summed E-state index contributed by atoms with van der Waals surface area (Å²) in [6.07, 6.45) is 2.46. The molecule has 0 saturated carbocycles. The van der Waals surface area contributed by atoms with E-state index in [4.69, 9.17) is 9.47 Å². The van der Waals surface area contributed by atoms with Gasteiger partial charge in [0.15, 0.2) is 0 Å². The molecule has 0 saturated heterocycles. The zero-order chi connectivity index (χ0) is 23.4. The molecule has 166 valence electrons. The predicted molar refractivity (Wildman–Crippen MR) is 123 cm³/mol. The molecule has 33 heavy (non-hydrogen) atoms. The molecule has 6 heteroatoms. The second kappa shape index (κ2) is 9.58. The van der Waals surface area contributed by atoms with Gasteiger partial charge in [0.2, 0.25) is 0 Å². The van der Waals surface area contributed by atoms with Crippen molar-refractivity contribution in [3.63, 3.8) is 0 Å². The Kier molecular flexibility index (Phi) is 6.41. The molecule has 2 heterocycles. The van der Waals surface area contributed by atoms with Gasteiger partial charge < -0.3 is 13.9 Å². The number of halogens is 1. The van der Waals surface area contributed by atoms with Crippen LogP contribution < -0.4 is 4.74 Å². The van der Waals surface area contributed by atoms with Crippen molar-refractivity contribution in [3.05, 3.63) is 101 Å².